The number of aliphatic hydroxyl groups excluding tert-OH is 2. The molecule has 0 amide bonds. The summed E-state index contributed by atoms with van der Waals surface area (Å²) >= 11 is 5.58. The van der Waals surface area contributed by atoms with Crippen LogP contribution in [-0.4, -0.2) is 93.6 Å². The second kappa shape index (κ2) is 26.1. The highest BCUT2D eigenvalue weighted by Gasteiger charge is 2.24. The van der Waals surface area contributed by atoms with Crippen LogP contribution < -0.4 is 18.9 Å². The zero-order chi connectivity index (χ0) is 38.5. The molecule has 0 aromatic heterocycles. The number of ether oxygens (including phenoxy) is 6. The fourth-order valence-corrected chi connectivity index (χ4v) is 5.57. The van der Waals surface area contributed by atoms with Crippen LogP contribution in [0.1, 0.15) is 69.2 Å². The first-order chi connectivity index (χ1) is 25.5. The topological polar surface area (TPSA) is 159 Å². The molecule has 11 heteroatoms. The molecule has 0 aliphatic heterocycles. The molecule has 6 N–H and O–H groups in total. The standard InChI is InChI=1S/C22H29ClO4.C22H30O4.2H2O/c1-22(2,17-5-9-20(10-6-17)26-14-4-13-25-3)18-7-11-21(12-8-18)27-16-19(24)15-23;1-22(2,18-6-10-20(11-7-18)25-16-4-14-23)19-8-12-21(13-9-19)26-17-5-15-24-3;;/h5-12,19,24H,4,13-16H2,1-3H3;6-13,23H,4-5,14-17H2,1-3H3;2*1H2. The molecule has 0 bridgehead atoms. The lowest BCUT2D eigenvalue weighted by atomic mass is 9.78. The molecule has 0 saturated carbocycles. The molecule has 1 atom stereocenters. The summed E-state index contributed by atoms with van der Waals surface area (Å²) in [6.45, 7) is 12.4. The first kappa shape index (κ1) is 49.1. The second-order valence-corrected chi connectivity index (χ2v) is 14.1. The molecule has 0 aliphatic rings. The summed E-state index contributed by atoms with van der Waals surface area (Å²) in [7, 11) is 3.39. The molecule has 0 saturated heterocycles. The van der Waals surface area contributed by atoms with Gasteiger partial charge in [0.15, 0.2) is 0 Å². The van der Waals surface area contributed by atoms with Crippen LogP contribution in [-0.2, 0) is 20.3 Å². The quantitative estimate of drug-likeness (QED) is 0.0640. The highest BCUT2D eigenvalue weighted by Crippen LogP contribution is 2.34. The van der Waals surface area contributed by atoms with Crippen molar-refractivity contribution >= 4 is 11.6 Å². The van der Waals surface area contributed by atoms with Gasteiger partial charge < -0.3 is 49.6 Å². The SMILES string of the molecule is COCCCOc1ccc(C(C)(C)c2ccc(OCC(O)CCl)cc2)cc1.COCCCOc1ccc(C(C)(C)c2ccc(OCCCO)cc2)cc1.O.O. The van der Waals surface area contributed by atoms with Crippen molar-refractivity contribution in [2.75, 3.05) is 66.3 Å². The number of benzene rings is 4. The molecule has 0 fully saturated rings. The molecule has 4 aromatic rings. The Labute approximate surface area is 332 Å². The van der Waals surface area contributed by atoms with E-state index in [0.717, 1.165) is 35.8 Å². The lowest BCUT2D eigenvalue weighted by Crippen LogP contribution is -2.20. The lowest BCUT2D eigenvalue weighted by molar-refractivity contribution is 0.125. The van der Waals surface area contributed by atoms with Crippen molar-refractivity contribution < 1.29 is 49.6 Å². The maximum Gasteiger partial charge on any atom is 0.119 e. The molecule has 10 nitrogen and oxygen atoms in total. The summed E-state index contributed by atoms with van der Waals surface area (Å²) in [6, 6.07) is 32.6. The van der Waals surface area contributed by atoms with Crippen molar-refractivity contribution in [3.05, 3.63) is 119 Å². The van der Waals surface area contributed by atoms with Crippen LogP contribution in [0.4, 0.5) is 0 Å². The van der Waals surface area contributed by atoms with Crippen LogP contribution in [0, 0.1) is 0 Å². The number of halogens is 1. The molecule has 0 radical (unpaired) electrons. The predicted octanol–water partition coefficient (Wildman–Crippen LogP) is 6.95. The maximum atomic E-state index is 9.48. The third-order valence-corrected chi connectivity index (χ3v) is 9.37. The Bertz CT molecular complexity index is 1540. The van der Waals surface area contributed by atoms with Crippen molar-refractivity contribution in [2.24, 2.45) is 0 Å². The van der Waals surface area contributed by atoms with Crippen molar-refractivity contribution in [3.8, 4) is 23.0 Å². The Morgan fingerprint density at radius 2 is 0.782 bits per heavy atom. The minimum absolute atomic E-state index is 0. The summed E-state index contributed by atoms with van der Waals surface area (Å²) in [5.74, 6) is 3.47. The summed E-state index contributed by atoms with van der Waals surface area (Å²) in [4.78, 5) is 0. The summed E-state index contributed by atoms with van der Waals surface area (Å²) < 4.78 is 32.7. The molecule has 0 aliphatic carbocycles. The predicted molar refractivity (Wildman–Crippen MR) is 221 cm³/mol. The second-order valence-electron chi connectivity index (χ2n) is 13.8. The molecule has 1 unspecified atom stereocenters. The van der Waals surface area contributed by atoms with Gasteiger partial charge >= 0.3 is 0 Å². The van der Waals surface area contributed by atoms with Gasteiger partial charge in [0.1, 0.15) is 35.7 Å². The first-order valence-electron chi connectivity index (χ1n) is 18.3. The van der Waals surface area contributed by atoms with Gasteiger partial charge in [-0.05, 0) is 70.8 Å². The van der Waals surface area contributed by atoms with Gasteiger partial charge in [0.05, 0.1) is 25.7 Å². The van der Waals surface area contributed by atoms with Crippen molar-refractivity contribution in [3.63, 3.8) is 0 Å². The highest BCUT2D eigenvalue weighted by atomic mass is 35.5. The van der Waals surface area contributed by atoms with Crippen LogP contribution in [0.25, 0.3) is 0 Å². The van der Waals surface area contributed by atoms with Crippen LogP contribution >= 0.6 is 11.6 Å². The van der Waals surface area contributed by atoms with Gasteiger partial charge in [-0.15, -0.1) is 11.6 Å². The smallest absolute Gasteiger partial charge is 0.119 e. The van der Waals surface area contributed by atoms with Crippen LogP contribution in [0.15, 0.2) is 97.1 Å². The van der Waals surface area contributed by atoms with E-state index in [1.807, 2.05) is 48.5 Å². The summed E-state index contributed by atoms with van der Waals surface area (Å²) in [5.41, 5.74) is 4.58. The third kappa shape index (κ3) is 16.4. The van der Waals surface area contributed by atoms with E-state index in [1.165, 1.54) is 22.3 Å². The normalized spacial score (nSPS) is 11.6. The molecule has 0 heterocycles. The Hall–Kier alpha value is -3.87. The minimum atomic E-state index is -0.655. The lowest BCUT2D eigenvalue weighted by Gasteiger charge is -2.26. The molecule has 0 spiro atoms. The van der Waals surface area contributed by atoms with Gasteiger partial charge in [-0.3, -0.25) is 0 Å². The number of rotatable bonds is 22. The van der Waals surface area contributed by atoms with Crippen molar-refractivity contribution in [2.45, 2.75) is 63.9 Å². The van der Waals surface area contributed by atoms with Crippen LogP contribution in [0.2, 0.25) is 0 Å². The van der Waals surface area contributed by atoms with E-state index in [4.69, 9.17) is 45.1 Å². The fourth-order valence-electron chi connectivity index (χ4n) is 5.48. The number of hydrogen-bond acceptors (Lipinski definition) is 8. The van der Waals surface area contributed by atoms with Gasteiger partial charge in [0, 0.05) is 64.1 Å². The highest BCUT2D eigenvalue weighted by molar-refractivity contribution is 6.18. The molecular weight excluding hydrogens is 724 g/mol. The molecule has 4 rings (SSSR count). The Balaban J connectivity index is 0.000000531. The van der Waals surface area contributed by atoms with Gasteiger partial charge in [-0.25, -0.2) is 0 Å². The number of aliphatic hydroxyl groups is 2. The van der Waals surface area contributed by atoms with Crippen molar-refractivity contribution in [1.29, 1.82) is 0 Å². The number of alkyl halides is 1. The Morgan fingerprint density at radius 3 is 1.05 bits per heavy atom. The van der Waals surface area contributed by atoms with Crippen molar-refractivity contribution in [1.82, 2.24) is 0 Å². The van der Waals surface area contributed by atoms with E-state index in [0.29, 0.717) is 39.5 Å². The Morgan fingerprint density at radius 1 is 0.491 bits per heavy atom. The minimum Gasteiger partial charge on any atom is -0.494 e. The first-order valence-corrected chi connectivity index (χ1v) is 18.8. The van der Waals surface area contributed by atoms with E-state index >= 15 is 0 Å². The fraction of sp³-hybridized carbons (Fsp3) is 0.455. The molecule has 306 valence electrons. The van der Waals surface area contributed by atoms with E-state index in [2.05, 4.69) is 76.2 Å². The van der Waals surface area contributed by atoms with E-state index in [9.17, 15) is 5.11 Å². The summed E-state index contributed by atoms with van der Waals surface area (Å²) in [6.07, 6.45) is 1.75. The van der Waals surface area contributed by atoms with Gasteiger partial charge in [0.25, 0.3) is 0 Å². The summed E-state index contributed by atoms with van der Waals surface area (Å²) in [5, 5.41) is 18.3. The monoisotopic (exact) mass is 786 g/mol. The van der Waals surface area contributed by atoms with E-state index in [1.54, 1.807) is 14.2 Å². The van der Waals surface area contributed by atoms with Crippen LogP contribution in [0.3, 0.4) is 0 Å². The zero-order valence-corrected chi connectivity index (χ0v) is 34.1. The number of methoxy groups -OCH3 is 2. The van der Waals surface area contributed by atoms with E-state index in [-0.39, 0.29) is 40.9 Å². The third-order valence-electron chi connectivity index (χ3n) is 9.02. The van der Waals surface area contributed by atoms with Gasteiger partial charge in [-0.2, -0.15) is 0 Å². The van der Waals surface area contributed by atoms with Crippen LogP contribution in [0.5, 0.6) is 23.0 Å². The largest absolute Gasteiger partial charge is 0.494 e. The number of hydrogen-bond donors (Lipinski definition) is 2. The van der Waals surface area contributed by atoms with Gasteiger partial charge in [-0.1, -0.05) is 76.2 Å². The molecule has 4 aromatic carbocycles. The zero-order valence-electron chi connectivity index (χ0n) is 33.3. The molecule has 55 heavy (non-hydrogen) atoms. The van der Waals surface area contributed by atoms with E-state index < -0.39 is 6.10 Å². The average Bonchev–Trinajstić information content (AvgIpc) is 3.18. The Kier molecular flexibility index (Phi) is 23.3. The van der Waals surface area contributed by atoms with Gasteiger partial charge in [0.2, 0.25) is 0 Å². The average molecular weight is 787 g/mol. The maximum absolute atomic E-state index is 9.48. The molecular formula is C44H63ClO10.